The van der Waals surface area contributed by atoms with Crippen LogP contribution in [0.15, 0.2) is 0 Å². The Morgan fingerprint density at radius 3 is 1.69 bits per heavy atom. The number of aliphatic hydroxyl groups is 2. The molecule has 1 saturated heterocycles. The van der Waals surface area contributed by atoms with Crippen LogP contribution in [0.2, 0.25) is 0 Å². The quantitative estimate of drug-likeness (QED) is 0.129. The van der Waals surface area contributed by atoms with Gasteiger partial charge in [-0.1, -0.05) is 117 Å². The summed E-state index contributed by atoms with van der Waals surface area (Å²) in [5.74, 6) is 0.0160. The molecule has 1 aliphatic heterocycles. The minimum atomic E-state index is -0.896. The Morgan fingerprint density at radius 1 is 0.714 bits per heavy atom. The van der Waals surface area contributed by atoms with Crippen LogP contribution >= 0.6 is 0 Å². The molecule has 0 spiro atoms. The molecular formula is C30H60N2O3. The summed E-state index contributed by atoms with van der Waals surface area (Å²) in [6.07, 6.45) is 22.9. The molecule has 3 atom stereocenters. The molecule has 3 unspecified atom stereocenters. The van der Waals surface area contributed by atoms with Crippen LogP contribution in [0.25, 0.3) is 0 Å². The molecule has 35 heavy (non-hydrogen) atoms. The van der Waals surface area contributed by atoms with Crippen molar-refractivity contribution in [2.45, 2.75) is 167 Å². The number of nitrogens with one attached hydrogen (secondary N) is 1. The molecule has 0 radical (unpaired) electrons. The summed E-state index contributed by atoms with van der Waals surface area (Å²) < 4.78 is 0. The van der Waals surface area contributed by atoms with Crippen LogP contribution in [-0.2, 0) is 4.79 Å². The van der Waals surface area contributed by atoms with Crippen LogP contribution in [0.5, 0.6) is 0 Å². The molecule has 0 aromatic carbocycles. The van der Waals surface area contributed by atoms with E-state index in [1.54, 1.807) is 0 Å². The summed E-state index contributed by atoms with van der Waals surface area (Å²) in [7, 11) is 0. The third-order valence-corrected chi connectivity index (χ3v) is 7.67. The highest BCUT2D eigenvalue weighted by molar-refractivity contribution is 5.76. The highest BCUT2D eigenvalue weighted by Gasteiger charge is 2.29. The molecule has 1 fully saturated rings. The lowest BCUT2D eigenvalue weighted by atomic mass is 9.98. The van der Waals surface area contributed by atoms with Gasteiger partial charge >= 0.3 is 0 Å². The highest BCUT2D eigenvalue weighted by atomic mass is 16.3. The SMILES string of the molecule is CCCCCCCCCCCCCCC(O)C(O)C(CN1CCCC1)NC(=O)CCCCCCC. The van der Waals surface area contributed by atoms with Gasteiger partial charge in [-0.15, -0.1) is 0 Å². The average Bonchev–Trinajstić information content (AvgIpc) is 3.36. The minimum Gasteiger partial charge on any atom is -0.390 e. The number of rotatable bonds is 24. The predicted molar refractivity (Wildman–Crippen MR) is 149 cm³/mol. The summed E-state index contributed by atoms with van der Waals surface area (Å²) in [5, 5.41) is 24.7. The molecule has 0 aromatic rings. The fourth-order valence-electron chi connectivity index (χ4n) is 5.28. The van der Waals surface area contributed by atoms with Gasteiger partial charge < -0.3 is 20.4 Å². The fourth-order valence-corrected chi connectivity index (χ4v) is 5.28. The summed E-state index contributed by atoms with van der Waals surface area (Å²) in [6.45, 7) is 7.13. The first kappa shape index (κ1) is 32.4. The molecule has 0 saturated carbocycles. The zero-order chi connectivity index (χ0) is 25.6. The van der Waals surface area contributed by atoms with Crippen molar-refractivity contribution in [3.05, 3.63) is 0 Å². The van der Waals surface area contributed by atoms with E-state index in [1.165, 1.54) is 96.3 Å². The van der Waals surface area contributed by atoms with Crippen molar-refractivity contribution >= 4 is 5.91 Å². The molecular weight excluding hydrogens is 436 g/mol. The van der Waals surface area contributed by atoms with E-state index in [0.29, 0.717) is 19.4 Å². The fraction of sp³-hybridized carbons (Fsp3) is 0.967. The molecule has 5 nitrogen and oxygen atoms in total. The number of unbranched alkanes of at least 4 members (excludes halogenated alkanes) is 15. The van der Waals surface area contributed by atoms with Crippen molar-refractivity contribution < 1.29 is 15.0 Å². The van der Waals surface area contributed by atoms with Gasteiger partial charge in [-0.3, -0.25) is 4.79 Å². The zero-order valence-electron chi connectivity index (χ0n) is 23.5. The molecule has 208 valence electrons. The lowest BCUT2D eigenvalue weighted by Gasteiger charge is -2.31. The van der Waals surface area contributed by atoms with Crippen LogP contribution in [-0.4, -0.2) is 58.9 Å². The van der Waals surface area contributed by atoms with Crippen molar-refractivity contribution in [3.8, 4) is 0 Å². The molecule has 5 heteroatoms. The summed E-state index contributed by atoms with van der Waals surface area (Å²) in [5.41, 5.74) is 0. The first-order valence-electron chi connectivity index (χ1n) is 15.5. The van der Waals surface area contributed by atoms with Crippen molar-refractivity contribution in [2.24, 2.45) is 0 Å². The Bertz CT molecular complexity index is 482. The summed E-state index contributed by atoms with van der Waals surface area (Å²) in [6, 6.07) is -0.386. The number of nitrogens with zero attached hydrogens (tertiary/aromatic N) is 1. The normalized spacial score (nSPS) is 16.9. The van der Waals surface area contributed by atoms with Crippen molar-refractivity contribution in [3.63, 3.8) is 0 Å². The maximum Gasteiger partial charge on any atom is 0.220 e. The van der Waals surface area contributed by atoms with E-state index in [2.05, 4.69) is 24.1 Å². The summed E-state index contributed by atoms with van der Waals surface area (Å²) in [4.78, 5) is 14.8. The number of likely N-dealkylation sites (tertiary alicyclic amines) is 1. The van der Waals surface area contributed by atoms with E-state index < -0.39 is 12.2 Å². The van der Waals surface area contributed by atoms with Gasteiger partial charge in [0.05, 0.1) is 12.1 Å². The first-order valence-corrected chi connectivity index (χ1v) is 15.5. The largest absolute Gasteiger partial charge is 0.390 e. The number of aliphatic hydroxyl groups excluding tert-OH is 2. The zero-order valence-corrected chi connectivity index (χ0v) is 23.5. The third-order valence-electron chi connectivity index (χ3n) is 7.67. The van der Waals surface area contributed by atoms with Gasteiger partial charge in [0.15, 0.2) is 0 Å². The van der Waals surface area contributed by atoms with Crippen LogP contribution in [0.1, 0.15) is 149 Å². The Morgan fingerprint density at radius 2 is 1.17 bits per heavy atom. The van der Waals surface area contributed by atoms with Gasteiger partial charge in [-0.25, -0.2) is 0 Å². The van der Waals surface area contributed by atoms with Crippen LogP contribution < -0.4 is 5.32 Å². The number of hydrogen-bond donors (Lipinski definition) is 3. The van der Waals surface area contributed by atoms with Gasteiger partial charge in [0.25, 0.3) is 0 Å². The van der Waals surface area contributed by atoms with Gasteiger partial charge in [0, 0.05) is 13.0 Å². The second-order valence-electron chi connectivity index (χ2n) is 11.1. The Labute approximate surface area is 217 Å². The van der Waals surface area contributed by atoms with E-state index in [-0.39, 0.29) is 11.9 Å². The van der Waals surface area contributed by atoms with Gasteiger partial charge in [-0.2, -0.15) is 0 Å². The number of amides is 1. The van der Waals surface area contributed by atoms with E-state index in [1.807, 2.05) is 0 Å². The monoisotopic (exact) mass is 496 g/mol. The molecule has 0 bridgehead atoms. The van der Waals surface area contributed by atoms with E-state index in [9.17, 15) is 15.0 Å². The maximum absolute atomic E-state index is 12.5. The van der Waals surface area contributed by atoms with E-state index in [0.717, 1.165) is 38.8 Å². The molecule has 3 N–H and O–H groups in total. The molecule has 1 amide bonds. The van der Waals surface area contributed by atoms with Crippen molar-refractivity contribution in [1.29, 1.82) is 0 Å². The molecule has 1 heterocycles. The van der Waals surface area contributed by atoms with Gasteiger partial charge in [-0.05, 0) is 38.8 Å². The Balaban J connectivity index is 2.23. The number of carbonyl (C=O) groups is 1. The Hall–Kier alpha value is -0.650. The highest BCUT2D eigenvalue weighted by Crippen LogP contribution is 2.16. The van der Waals surface area contributed by atoms with E-state index in [4.69, 9.17) is 0 Å². The maximum atomic E-state index is 12.5. The van der Waals surface area contributed by atoms with Gasteiger partial charge in [0.1, 0.15) is 6.10 Å². The smallest absolute Gasteiger partial charge is 0.220 e. The molecule has 0 aliphatic carbocycles. The summed E-state index contributed by atoms with van der Waals surface area (Å²) >= 11 is 0. The second-order valence-corrected chi connectivity index (χ2v) is 11.1. The standard InChI is InChI=1S/C30H60N2O3/c1-3-5-7-9-10-11-12-13-14-15-17-18-22-28(33)30(35)27(26-32-24-20-21-25-32)31-29(34)23-19-16-8-6-4-2/h27-28,30,33,35H,3-26H2,1-2H3,(H,31,34). The predicted octanol–water partition coefficient (Wildman–Crippen LogP) is 6.74. The van der Waals surface area contributed by atoms with Crippen molar-refractivity contribution in [1.82, 2.24) is 10.2 Å². The van der Waals surface area contributed by atoms with E-state index >= 15 is 0 Å². The van der Waals surface area contributed by atoms with Crippen LogP contribution in [0.4, 0.5) is 0 Å². The number of hydrogen-bond acceptors (Lipinski definition) is 4. The lowest BCUT2D eigenvalue weighted by molar-refractivity contribution is -0.123. The first-order chi connectivity index (χ1) is 17.1. The topological polar surface area (TPSA) is 72.8 Å². The minimum absolute atomic E-state index is 0.0160. The van der Waals surface area contributed by atoms with Gasteiger partial charge in [0.2, 0.25) is 5.91 Å². The molecule has 1 aliphatic rings. The molecule has 0 aromatic heterocycles. The number of carbonyl (C=O) groups excluding carboxylic acids is 1. The third kappa shape index (κ3) is 17.4. The van der Waals surface area contributed by atoms with Crippen molar-refractivity contribution in [2.75, 3.05) is 19.6 Å². The Kier molecular flexibility index (Phi) is 20.9. The van der Waals surface area contributed by atoms with Crippen LogP contribution in [0, 0.1) is 0 Å². The second kappa shape index (κ2) is 22.5. The average molecular weight is 497 g/mol. The molecule has 1 rings (SSSR count). The lowest BCUT2D eigenvalue weighted by Crippen LogP contribution is -2.53. The van der Waals surface area contributed by atoms with Crippen LogP contribution in [0.3, 0.4) is 0 Å².